The van der Waals surface area contributed by atoms with Gasteiger partial charge in [-0.1, -0.05) is 24.3 Å². The van der Waals surface area contributed by atoms with Crippen molar-refractivity contribution in [1.29, 1.82) is 0 Å². The van der Waals surface area contributed by atoms with E-state index in [0.29, 0.717) is 11.1 Å². The van der Waals surface area contributed by atoms with E-state index in [9.17, 15) is 34.6 Å². The minimum atomic E-state index is -2.03. The number of carbonyl (C=O) groups excluding carboxylic acids is 3. The van der Waals surface area contributed by atoms with Gasteiger partial charge in [0.2, 0.25) is 11.8 Å². The number of urea groups is 1. The highest BCUT2D eigenvalue weighted by Crippen LogP contribution is 2.48. The van der Waals surface area contributed by atoms with Gasteiger partial charge in [0.1, 0.15) is 0 Å². The summed E-state index contributed by atoms with van der Waals surface area (Å²) >= 11 is 5.28. The molecule has 0 saturated carbocycles. The Labute approximate surface area is 189 Å². The van der Waals surface area contributed by atoms with Gasteiger partial charge in [0.15, 0.2) is 10.5 Å². The summed E-state index contributed by atoms with van der Waals surface area (Å²) in [5.74, 6) is -1.88. The van der Waals surface area contributed by atoms with Crippen molar-refractivity contribution < 1.29 is 24.2 Å². The second kappa shape index (κ2) is 7.90. The van der Waals surface area contributed by atoms with E-state index in [1.807, 2.05) is 0 Å². The molecule has 2 aliphatic heterocycles. The van der Waals surface area contributed by atoms with Crippen LogP contribution in [0.5, 0.6) is 0 Å². The number of nitrogens with zero attached hydrogens (tertiary/aromatic N) is 2. The molecule has 0 aromatic heterocycles. The molecule has 4 amide bonds. The van der Waals surface area contributed by atoms with Crippen LogP contribution in [0, 0.1) is 25.6 Å². The fourth-order valence-corrected chi connectivity index (χ4v) is 4.28. The van der Waals surface area contributed by atoms with E-state index in [1.54, 1.807) is 0 Å². The number of nitro groups is 2. The average Bonchev–Trinajstić information content (AvgIpc) is 2.77. The smallest absolute Gasteiger partial charge is 0.328 e. The molecule has 168 valence electrons. The van der Waals surface area contributed by atoms with Crippen molar-refractivity contribution in [3.8, 4) is 0 Å². The fourth-order valence-electron chi connectivity index (χ4n) is 4.04. The highest BCUT2D eigenvalue weighted by atomic mass is 32.1. The van der Waals surface area contributed by atoms with Crippen LogP contribution in [0.1, 0.15) is 23.2 Å². The lowest BCUT2D eigenvalue weighted by Crippen LogP contribution is -2.73. The van der Waals surface area contributed by atoms with Gasteiger partial charge in [-0.3, -0.25) is 40.5 Å². The quantitative estimate of drug-likeness (QED) is 0.218. The van der Waals surface area contributed by atoms with Crippen molar-refractivity contribution in [2.75, 3.05) is 0 Å². The number of non-ortho nitro benzene ring substituents is 2. The Hall–Kier alpha value is -4.46. The summed E-state index contributed by atoms with van der Waals surface area (Å²) in [6.07, 6.45) is 0. The molecule has 13 nitrogen and oxygen atoms in total. The van der Waals surface area contributed by atoms with Crippen molar-refractivity contribution in [2.45, 2.75) is 12.1 Å². The molecule has 2 fully saturated rings. The monoisotopic (exact) mass is 470 g/mol. The van der Waals surface area contributed by atoms with E-state index >= 15 is 0 Å². The average molecular weight is 470 g/mol. The number of barbiturate groups is 1. The molecule has 2 aromatic carbocycles. The second-order valence-corrected chi connectivity index (χ2v) is 7.70. The van der Waals surface area contributed by atoms with Gasteiger partial charge in [0.05, 0.1) is 21.9 Å². The van der Waals surface area contributed by atoms with Crippen LogP contribution in [-0.4, -0.2) is 32.8 Å². The van der Waals surface area contributed by atoms with Gasteiger partial charge >= 0.3 is 6.03 Å². The highest BCUT2D eigenvalue weighted by Gasteiger charge is 2.63. The molecule has 4 rings (SSSR count). The molecule has 0 radical (unpaired) electrons. The maximum atomic E-state index is 13.3. The molecule has 0 aliphatic carbocycles. The molecular formula is C19H14N6O7S. The topological polar surface area (TPSA) is 186 Å². The predicted octanol–water partition coefficient (Wildman–Crippen LogP) is 1.12. The first kappa shape index (κ1) is 21.8. The van der Waals surface area contributed by atoms with E-state index in [0.717, 1.165) is 0 Å². The Morgan fingerprint density at radius 1 is 0.727 bits per heavy atom. The number of thiocarbonyl (C=S) groups is 1. The van der Waals surface area contributed by atoms with Gasteiger partial charge < -0.3 is 10.6 Å². The molecular weight excluding hydrogens is 456 g/mol. The lowest BCUT2D eigenvalue weighted by molar-refractivity contribution is -0.385. The first-order valence-corrected chi connectivity index (χ1v) is 9.78. The van der Waals surface area contributed by atoms with Crippen molar-refractivity contribution in [2.24, 2.45) is 5.41 Å². The van der Waals surface area contributed by atoms with Crippen molar-refractivity contribution in [3.63, 3.8) is 0 Å². The largest absolute Gasteiger partial charge is 0.354 e. The summed E-state index contributed by atoms with van der Waals surface area (Å²) in [7, 11) is 0. The van der Waals surface area contributed by atoms with Crippen LogP contribution in [0.25, 0.3) is 0 Å². The predicted molar refractivity (Wildman–Crippen MR) is 115 cm³/mol. The third-order valence-electron chi connectivity index (χ3n) is 5.54. The summed E-state index contributed by atoms with van der Waals surface area (Å²) in [6, 6.07) is 7.03. The Morgan fingerprint density at radius 2 is 1.09 bits per heavy atom. The van der Waals surface area contributed by atoms with Gasteiger partial charge in [-0.25, -0.2) is 4.79 Å². The summed E-state index contributed by atoms with van der Waals surface area (Å²) < 4.78 is 0. The summed E-state index contributed by atoms with van der Waals surface area (Å²) in [5.41, 5.74) is -1.80. The van der Waals surface area contributed by atoms with Gasteiger partial charge in [0, 0.05) is 24.3 Å². The lowest BCUT2D eigenvalue weighted by atomic mass is 9.65. The van der Waals surface area contributed by atoms with Crippen LogP contribution in [-0.2, 0) is 9.59 Å². The SMILES string of the molecule is O=C1NC(=O)C2(C(=O)N1)[C@@H](c1ccc([N+](=O)[O-])cc1)NC(=S)N[C@H]2c1ccc([N+](=O)[O-])cc1. The van der Waals surface area contributed by atoms with E-state index in [-0.39, 0.29) is 16.5 Å². The first-order chi connectivity index (χ1) is 15.6. The molecule has 2 saturated heterocycles. The highest BCUT2D eigenvalue weighted by molar-refractivity contribution is 7.80. The van der Waals surface area contributed by atoms with Crippen molar-refractivity contribution in [3.05, 3.63) is 79.9 Å². The lowest BCUT2D eigenvalue weighted by Gasteiger charge is -2.49. The molecule has 2 aliphatic rings. The minimum Gasteiger partial charge on any atom is -0.354 e. The number of hydrogen-bond donors (Lipinski definition) is 4. The van der Waals surface area contributed by atoms with E-state index in [1.165, 1.54) is 48.5 Å². The molecule has 0 bridgehead atoms. The zero-order valence-corrected chi connectivity index (χ0v) is 17.3. The number of benzene rings is 2. The Balaban J connectivity index is 1.89. The Kier molecular flexibility index (Phi) is 5.21. The van der Waals surface area contributed by atoms with Gasteiger partial charge in [-0.15, -0.1) is 0 Å². The number of rotatable bonds is 4. The van der Waals surface area contributed by atoms with Gasteiger partial charge in [-0.05, 0) is 23.3 Å². The van der Waals surface area contributed by atoms with Crippen LogP contribution in [0.15, 0.2) is 48.5 Å². The zero-order valence-electron chi connectivity index (χ0n) is 16.4. The maximum absolute atomic E-state index is 13.3. The first-order valence-electron chi connectivity index (χ1n) is 9.37. The van der Waals surface area contributed by atoms with E-state index < -0.39 is 45.2 Å². The third-order valence-corrected chi connectivity index (χ3v) is 5.78. The number of carbonyl (C=O) groups is 3. The van der Waals surface area contributed by atoms with Crippen molar-refractivity contribution in [1.82, 2.24) is 21.3 Å². The second-order valence-electron chi connectivity index (χ2n) is 7.29. The van der Waals surface area contributed by atoms with Crippen LogP contribution in [0.3, 0.4) is 0 Å². The number of nitro benzene ring substituents is 2. The Morgan fingerprint density at radius 3 is 1.42 bits per heavy atom. The summed E-state index contributed by atoms with van der Waals surface area (Å²) in [6.45, 7) is 0. The molecule has 0 unspecified atom stereocenters. The van der Waals surface area contributed by atoms with E-state index in [2.05, 4.69) is 21.3 Å². The molecule has 2 heterocycles. The fraction of sp³-hybridized carbons (Fsp3) is 0.158. The molecule has 14 heteroatoms. The number of amides is 4. The zero-order chi connectivity index (χ0) is 23.9. The molecule has 2 atom stereocenters. The van der Waals surface area contributed by atoms with Gasteiger partial charge in [0.25, 0.3) is 11.4 Å². The number of hydrogen-bond acceptors (Lipinski definition) is 8. The molecule has 2 aromatic rings. The minimum absolute atomic E-state index is 0.0600. The third kappa shape index (κ3) is 3.51. The standard InChI is InChI=1S/C19H14N6O7S/c26-15-19(16(27)23-17(28)22-15)13(9-1-5-11(6-2-9)24(29)30)20-18(33)21-14(19)10-3-7-12(8-4-10)25(31)32/h1-8,13-14H,(H2,20,21,33)(H2,22,23,26,27,28)/t13-,14+. The molecule has 4 N–H and O–H groups in total. The van der Waals surface area contributed by atoms with E-state index in [4.69, 9.17) is 12.2 Å². The Bertz CT molecular complexity index is 1120. The van der Waals surface area contributed by atoms with Crippen LogP contribution in [0.2, 0.25) is 0 Å². The van der Waals surface area contributed by atoms with Crippen LogP contribution in [0.4, 0.5) is 16.2 Å². The summed E-state index contributed by atoms with van der Waals surface area (Å²) in [4.78, 5) is 59.3. The maximum Gasteiger partial charge on any atom is 0.328 e. The van der Waals surface area contributed by atoms with Crippen LogP contribution >= 0.6 is 12.2 Å². The van der Waals surface area contributed by atoms with Crippen molar-refractivity contribution >= 4 is 46.6 Å². The normalized spacial score (nSPS) is 21.5. The molecule has 1 spiro atoms. The number of nitrogens with one attached hydrogen (secondary N) is 4. The van der Waals surface area contributed by atoms with Gasteiger partial charge in [-0.2, -0.15) is 0 Å². The van der Waals surface area contributed by atoms with Crippen LogP contribution < -0.4 is 21.3 Å². The number of imide groups is 2. The summed E-state index contributed by atoms with van der Waals surface area (Å²) in [5, 5.41) is 32.0. The molecule has 33 heavy (non-hydrogen) atoms.